The molecule has 2 aromatic carbocycles. The van der Waals surface area contributed by atoms with Crippen LogP contribution in [0.25, 0.3) is 24.0 Å². The molecule has 8 heterocycles. The summed E-state index contributed by atoms with van der Waals surface area (Å²) in [6, 6.07) is 16.6. The number of aromatic nitrogens is 2. The van der Waals surface area contributed by atoms with Crippen LogP contribution in [0, 0.1) is 41.4 Å². The lowest BCUT2D eigenvalue weighted by molar-refractivity contribution is -0.838. The summed E-state index contributed by atoms with van der Waals surface area (Å²) in [6.45, 7) is 11.4. The van der Waals surface area contributed by atoms with Gasteiger partial charge in [0.15, 0.2) is 5.70 Å². The first kappa shape index (κ1) is 35.9. The molecule has 0 N–H and O–H groups in total. The van der Waals surface area contributed by atoms with E-state index >= 15 is 0 Å². The standard InChI is InChI=1S/C49H48N6O3/c1-29-35(22-16-30-12-18-32(19-13-30)50(6)7)37-25-41-47(2,3)27-34-24-39-43(46(56)58-11)36(23-17-31-14-20-33(21-15-31)51(8)9)38-26-42-48(4,5)28-40-45(57-10)44(29)55(37)49(52(34)41,53(38)39)54(40)42/h12-15,18-21,24-26H,27-28H2,1-11H3/q+2. The van der Waals surface area contributed by atoms with E-state index in [1.807, 2.05) is 40.3 Å². The molecule has 9 nitrogen and oxygen atoms in total. The molecule has 6 aliphatic heterocycles. The summed E-state index contributed by atoms with van der Waals surface area (Å²) in [5.41, 5.74) is 13.0. The Hall–Kier alpha value is -6.45. The highest BCUT2D eigenvalue weighted by molar-refractivity contribution is 6.16. The van der Waals surface area contributed by atoms with Crippen LogP contribution in [0.5, 0.6) is 0 Å². The number of allylic oxidation sites excluding steroid dienone is 2. The van der Waals surface area contributed by atoms with Gasteiger partial charge < -0.3 is 19.3 Å². The fourth-order valence-electron chi connectivity index (χ4n) is 10.2. The Bertz CT molecular complexity index is 2990. The predicted octanol–water partition coefficient (Wildman–Crippen LogP) is 5.47. The molecule has 6 aliphatic rings. The van der Waals surface area contributed by atoms with E-state index in [-0.39, 0.29) is 10.8 Å². The van der Waals surface area contributed by atoms with Gasteiger partial charge in [-0.1, -0.05) is 32.8 Å². The lowest BCUT2D eigenvalue weighted by atomic mass is 9.85. The van der Waals surface area contributed by atoms with E-state index in [1.165, 1.54) is 12.8 Å². The second-order valence-corrected chi connectivity index (χ2v) is 17.9. The van der Waals surface area contributed by atoms with Crippen LogP contribution in [-0.4, -0.2) is 78.1 Å². The van der Waals surface area contributed by atoms with Gasteiger partial charge in [0, 0.05) is 75.3 Å². The molecule has 0 radical (unpaired) electrons. The number of rotatable bonds is 4. The van der Waals surface area contributed by atoms with Crippen molar-refractivity contribution in [3.8, 4) is 23.7 Å². The van der Waals surface area contributed by atoms with Crippen LogP contribution in [0.2, 0.25) is 0 Å². The van der Waals surface area contributed by atoms with Crippen LogP contribution in [0.1, 0.15) is 90.1 Å². The molecular formula is C49H48N6O3+2. The molecule has 0 saturated carbocycles. The van der Waals surface area contributed by atoms with E-state index in [0.29, 0.717) is 11.1 Å². The molecule has 9 heteroatoms. The van der Waals surface area contributed by atoms with Crippen molar-refractivity contribution < 1.29 is 23.4 Å². The second-order valence-electron chi connectivity index (χ2n) is 17.9. The van der Waals surface area contributed by atoms with Gasteiger partial charge in [0.05, 0.1) is 59.3 Å². The number of hydrogen-bond donors (Lipinski definition) is 0. The summed E-state index contributed by atoms with van der Waals surface area (Å²) < 4.78 is 22.0. The SMILES string of the molecule is COC(=O)c1c(C#Cc2ccc(N(C)C)cc2)c2n3c1C=C1CC(C)(C)C4=[N+]1C31n3c(c(C#Cc5ccc(N(C)C)cc5)c(C)c3=C(OC)C3=[N+]1C(=C2)C(C)(C)C3)=C4. The molecule has 2 aromatic heterocycles. The zero-order valence-electron chi connectivity index (χ0n) is 35.2. The van der Waals surface area contributed by atoms with E-state index in [0.717, 1.165) is 91.4 Å². The third-order valence-electron chi connectivity index (χ3n) is 12.9. The Morgan fingerprint density at radius 1 is 0.724 bits per heavy atom. The molecular weight excluding hydrogens is 721 g/mol. The number of nitrogens with zero attached hydrogens (tertiary/aromatic N) is 6. The molecule has 290 valence electrons. The minimum Gasteiger partial charge on any atom is -0.489 e. The quantitative estimate of drug-likeness (QED) is 0.157. The zero-order valence-corrected chi connectivity index (χ0v) is 35.2. The second kappa shape index (κ2) is 11.8. The van der Waals surface area contributed by atoms with Crippen molar-refractivity contribution in [1.82, 2.24) is 9.13 Å². The largest absolute Gasteiger partial charge is 0.553 e. The van der Waals surface area contributed by atoms with E-state index < -0.39 is 11.9 Å². The van der Waals surface area contributed by atoms with Crippen molar-refractivity contribution in [2.24, 2.45) is 10.8 Å². The molecule has 0 amide bonds. The maximum absolute atomic E-state index is 14.3. The molecule has 10 rings (SSSR count). The van der Waals surface area contributed by atoms with Crippen molar-refractivity contribution in [2.75, 3.05) is 52.2 Å². The third-order valence-corrected chi connectivity index (χ3v) is 12.9. The summed E-state index contributed by atoms with van der Waals surface area (Å²) in [7, 11) is 11.4. The van der Waals surface area contributed by atoms with Gasteiger partial charge in [-0.25, -0.2) is 4.79 Å². The Morgan fingerprint density at radius 2 is 1.33 bits per heavy atom. The lowest BCUT2D eigenvalue weighted by Crippen LogP contribution is -2.70. The number of esters is 1. The maximum Gasteiger partial charge on any atom is 0.553 e. The summed E-state index contributed by atoms with van der Waals surface area (Å²) in [6.07, 6.45) is 8.37. The van der Waals surface area contributed by atoms with Crippen LogP contribution in [0.15, 0.2) is 59.9 Å². The Labute approximate surface area is 339 Å². The predicted molar refractivity (Wildman–Crippen MR) is 229 cm³/mol. The Kier molecular flexibility index (Phi) is 7.31. The molecule has 0 fully saturated rings. The number of hydrogen-bond acceptors (Lipinski definition) is 5. The summed E-state index contributed by atoms with van der Waals surface area (Å²) in [5, 5.41) is 2.01. The Morgan fingerprint density at radius 3 is 1.90 bits per heavy atom. The van der Waals surface area contributed by atoms with Crippen molar-refractivity contribution in [3.05, 3.63) is 115 Å². The highest BCUT2D eigenvalue weighted by atomic mass is 16.5. The van der Waals surface area contributed by atoms with Crippen molar-refractivity contribution in [3.63, 3.8) is 0 Å². The minimum atomic E-state index is -0.999. The van der Waals surface area contributed by atoms with Gasteiger partial charge >= 0.3 is 11.9 Å². The third kappa shape index (κ3) is 4.48. The van der Waals surface area contributed by atoms with E-state index in [4.69, 9.17) is 9.47 Å². The monoisotopic (exact) mass is 768 g/mol. The van der Waals surface area contributed by atoms with Gasteiger partial charge in [-0.2, -0.15) is 9.13 Å². The molecule has 0 bridgehead atoms. The van der Waals surface area contributed by atoms with Crippen molar-refractivity contribution in [1.29, 1.82) is 0 Å². The normalized spacial score (nSPS) is 20.2. The highest BCUT2D eigenvalue weighted by Crippen LogP contribution is 2.55. The van der Waals surface area contributed by atoms with Gasteiger partial charge in [-0.05, 0) is 88.7 Å². The van der Waals surface area contributed by atoms with Gasteiger partial charge in [-0.3, -0.25) is 0 Å². The van der Waals surface area contributed by atoms with Crippen molar-refractivity contribution >= 4 is 52.8 Å². The van der Waals surface area contributed by atoms with E-state index in [1.54, 1.807) is 7.11 Å². The number of ether oxygens (including phenoxy) is 2. The lowest BCUT2D eigenvalue weighted by Gasteiger charge is -2.39. The van der Waals surface area contributed by atoms with Crippen LogP contribution in [0.4, 0.5) is 11.4 Å². The van der Waals surface area contributed by atoms with Gasteiger partial charge in [0.1, 0.15) is 10.9 Å². The van der Waals surface area contributed by atoms with Gasteiger partial charge in [0.2, 0.25) is 22.9 Å². The molecule has 1 spiro atoms. The minimum absolute atomic E-state index is 0.226. The van der Waals surface area contributed by atoms with Crippen LogP contribution in [-0.2, 0) is 15.4 Å². The molecule has 1 unspecified atom stereocenters. The number of benzene rings is 2. The molecule has 0 saturated heterocycles. The zero-order chi connectivity index (χ0) is 40.8. The van der Waals surface area contributed by atoms with Crippen LogP contribution < -0.4 is 20.5 Å². The topological polar surface area (TPSA) is 57.9 Å². The number of carbonyl (C=O) groups is 1. The number of methoxy groups -OCH3 is 2. The van der Waals surface area contributed by atoms with Crippen LogP contribution in [0.3, 0.4) is 0 Å². The Balaban J connectivity index is 1.34. The average Bonchev–Trinajstić information content (AvgIpc) is 3.85. The van der Waals surface area contributed by atoms with E-state index in [2.05, 4.69) is 141 Å². The van der Waals surface area contributed by atoms with Gasteiger partial charge in [0.25, 0.3) is 0 Å². The van der Waals surface area contributed by atoms with Crippen molar-refractivity contribution in [2.45, 2.75) is 53.4 Å². The summed E-state index contributed by atoms with van der Waals surface area (Å²) >= 11 is 0. The molecule has 58 heavy (non-hydrogen) atoms. The van der Waals surface area contributed by atoms with Crippen LogP contribution >= 0.6 is 0 Å². The summed E-state index contributed by atoms with van der Waals surface area (Å²) in [5.74, 6) is 13.6. The highest BCUT2D eigenvalue weighted by Gasteiger charge is 2.76. The molecule has 1 atom stereocenters. The maximum atomic E-state index is 14.3. The fraction of sp³-hybridized carbons (Fsp3) is 0.327. The fourth-order valence-corrected chi connectivity index (χ4v) is 10.2. The summed E-state index contributed by atoms with van der Waals surface area (Å²) in [4.78, 5) is 18.4. The van der Waals surface area contributed by atoms with Gasteiger partial charge in [-0.15, -0.1) is 0 Å². The first-order chi connectivity index (χ1) is 27.6. The molecule has 0 aliphatic carbocycles. The first-order valence-electron chi connectivity index (χ1n) is 19.9. The number of carbonyl (C=O) groups excluding carboxylic acids is 1. The van der Waals surface area contributed by atoms with E-state index in [9.17, 15) is 4.79 Å². The smallest absolute Gasteiger partial charge is 0.489 e. The average molecular weight is 769 g/mol. The molecule has 4 aromatic rings. The number of anilines is 2. The first-order valence-corrected chi connectivity index (χ1v) is 19.9.